The van der Waals surface area contributed by atoms with E-state index in [2.05, 4.69) is 22.7 Å². The average molecular weight is 310 g/mol. The van der Waals surface area contributed by atoms with Gasteiger partial charge in [-0.15, -0.1) is 0 Å². The summed E-state index contributed by atoms with van der Waals surface area (Å²) < 4.78 is 1.74. The number of halogens is 2. The molecule has 0 saturated carbocycles. The Hall–Kier alpha value is -1.23. The van der Waals surface area contributed by atoms with Gasteiger partial charge in [0, 0.05) is 29.3 Å². The quantitative estimate of drug-likeness (QED) is 0.721. The van der Waals surface area contributed by atoms with Crippen molar-refractivity contribution in [1.82, 2.24) is 14.6 Å². The van der Waals surface area contributed by atoms with E-state index < -0.39 is 0 Å². The molecule has 6 heteroatoms. The topological polar surface area (TPSA) is 30.2 Å². The molecule has 19 heavy (non-hydrogen) atoms. The largest absolute Gasteiger partial charge is 0.237 e. The third kappa shape index (κ3) is 2.20. The van der Waals surface area contributed by atoms with Gasteiger partial charge in [-0.2, -0.15) is 17.7 Å². The number of hydrogen-bond acceptors (Lipinski definition) is 3. The van der Waals surface area contributed by atoms with Crippen molar-refractivity contribution in [2.45, 2.75) is 5.75 Å². The van der Waals surface area contributed by atoms with Gasteiger partial charge in [0.2, 0.25) is 0 Å². The molecule has 3 rings (SSSR count). The molecule has 0 N–H and O–H groups in total. The highest BCUT2D eigenvalue weighted by Crippen LogP contribution is 2.31. The number of fused-ring (bicyclic) bond motifs is 1. The molecule has 0 aliphatic carbocycles. The van der Waals surface area contributed by atoms with Crippen molar-refractivity contribution < 1.29 is 0 Å². The zero-order valence-corrected chi connectivity index (χ0v) is 12.1. The minimum atomic E-state index is 0.509. The van der Waals surface area contributed by atoms with E-state index in [0.29, 0.717) is 15.8 Å². The highest BCUT2D eigenvalue weighted by molar-refractivity contribution is 7.79. The van der Waals surface area contributed by atoms with Gasteiger partial charge in [0.05, 0.1) is 15.7 Å². The lowest BCUT2D eigenvalue weighted by Crippen LogP contribution is -1.87. The van der Waals surface area contributed by atoms with Crippen molar-refractivity contribution >= 4 is 41.5 Å². The maximum absolute atomic E-state index is 6.06. The Morgan fingerprint density at radius 2 is 2.05 bits per heavy atom. The van der Waals surface area contributed by atoms with E-state index >= 15 is 0 Å². The van der Waals surface area contributed by atoms with Gasteiger partial charge in [-0.25, -0.2) is 9.50 Å². The Morgan fingerprint density at radius 3 is 2.79 bits per heavy atom. The number of rotatable bonds is 2. The Labute approximate surface area is 125 Å². The van der Waals surface area contributed by atoms with Crippen molar-refractivity contribution in [1.29, 1.82) is 0 Å². The van der Waals surface area contributed by atoms with Crippen LogP contribution in [-0.2, 0) is 5.75 Å². The van der Waals surface area contributed by atoms with Crippen LogP contribution in [-0.4, -0.2) is 14.6 Å². The number of hydrogen-bond donors (Lipinski definition) is 1. The lowest BCUT2D eigenvalue weighted by Gasteiger charge is -2.01. The number of thiol groups is 1. The van der Waals surface area contributed by atoms with Gasteiger partial charge in [0.25, 0.3) is 0 Å². The molecular weight excluding hydrogens is 301 g/mol. The van der Waals surface area contributed by atoms with Gasteiger partial charge in [-0.1, -0.05) is 29.3 Å². The van der Waals surface area contributed by atoms with Crippen LogP contribution in [0.1, 0.15) is 5.56 Å². The third-order valence-corrected chi connectivity index (χ3v) is 3.90. The maximum Gasteiger partial charge on any atom is 0.159 e. The Balaban J connectivity index is 2.26. The molecule has 0 atom stereocenters. The average Bonchev–Trinajstić information content (AvgIpc) is 2.80. The molecule has 96 valence electrons. The van der Waals surface area contributed by atoms with Crippen LogP contribution in [0, 0.1) is 0 Å². The van der Waals surface area contributed by atoms with E-state index in [1.807, 2.05) is 18.3 Å². The van der Waals surface area contributed by atoms with Crippen molar-refractivity contribution in [3.63, 3.8) is 0 Å². The lowest BCUT2D eigenvalue weighted by atomic mass is 10.1. The SMILES string of the molecule is SCc1c(-c2ccc(Cl)c(Cl)c2)nn2cccnc12. The molecule has 0 aliphatic rings. The molecule has 0 radical (unpaired) electrons. The molecule has 0 fully saturated rings. The lowest BCUT2D eigenvalue weighted by molar-refractivity contribution is 0.943. The van der Waals surface area contributed by atoms with E-state index in [1.54, 1.807) is 22.8 Å². The highest BCUT2D eigenvalue weighted by Gasteiger charge is 2.14. The second-order valence-electron chi connectivity index (χ2n) is 4.00. The second kappa shape index (κ2) is 5.04. The first-order valence-electron chi connectivity index (χ1n) is 5.59. The van der Waals surface area contributed by atoms with Crippen LogP contribution in [0.3, 0.4) is 0 Å². The molecule has 2 heterocycles. The summed E-state index contributed by atoms with van der Waals surface area (Å²) in [5, 5.41) is 5.56. The van der Waals surface area contributed by atoms with Crippen LogP contribution in [0.15, 0.2) is 36.7 Å². The van der Waals surface area contributed by atoms with Crippen LogP contribution in [0.5, 0.6) is 0 Å². The molecule has 0 amide bonds. The third-order valence-electron chi connectivity index (χ3n) is 2.84. The second-order valence-corrected chi connectivity index (χ2v) is 5.13. The van der Waals surface area contributed by atoms with E-state index in [0.717, 1.165) is 22.5 Å². The molecule has 0 saturated heterocycles. The maximum atomic E-state index is 6.06. The fourth-order valence-electron chi connectivity index (χ4n) is 1.96. The summed E-state index contributed by atoms with van der Waals surface area (Å²) in [6.07, 6.45) is 3.60. The molecule has 0 aliphatic heterocycles. The van der Waals surface area contributed by atoms with Gasteiger partial charge in [-0.05, 0) is 18.2 Å². The number of benzene rings is 1. The van der Waals surface area contributed by atoms with Crippen LogP contribution in [0.4, 0.5) is 0 Å². The standard InChI is InChI=1S/C13H9Cl2N3S/c14-10-3-2-8(6-11(10)15)12-9(7-19)13-16-4-1-5-18(13)17-12/h1-6,19H,7H2. The normalized spacial score (nSPS) is 11.1. The van der Waals surface area contributed by atoms with E-state index in [9.17, 15) is 0 Å². The predicted octanol–water partition coefficient (Wildman–Crippen LogP) is 4.13. The summed E-state index contributed by atoms with van der Waals surface area (Å²) in [6.45, 7) is 0. The van der Waals surface area contributed by atoms with Gasteiger partial charge >= 0.3 is 0 Å². The Morgan fingerprint density at radius 1 is 1.21 bits per heavy atom. The molecule has 1 aromatic carbocycles. The monoisotopic (exact) mass is 309 g/mol. The van der Waals surface area contributed by atoms with Crippen LogP contribution < -0.4 is 0 Å². The van der Waals surface area contributed by atoms with Gasteiger partial charge < -0.3 is 0 Å². The summed E-state index contributed by atoms with van der Waals surface area (Å²) in [5.74, 6) is 0.552. The molecule has 0 bridgehead atoms. The van der Waals surface area contributed by atoms with Gasteiger partial charge in [0.1, 0.15) is 0 Å². The van der Waals surface area contributed by atoms with Crippen LogP contribution in [0.2, 0.25) is 10.0 Å². The first kappa shape index (κ1) is 12.8. The van der Waals surface area contributed by atoms with Crippen molar-refractivity contribution in [2.75, 3.05) is 0 Å². The van der Waals surface area contributed by atoms with Crippen LogP contribution >= 0.6 is 35.8 Å². The number of aromatic nitrogens is 3. The summed E-state index contributed by atoms with van der Waals surface area (Å²) in [5.41, 5.74) is 3.51. The molecular formula is C13H9Cl2N3S. The summed E-state index contributed by atoms with van der Waals surface area (Å²) >= 11 is 16.4. The van der Waals surface area contributed by atoms with Gasteiger partial charge in [-0.3, -0.25) is 0 Å². The molecule has 2 aromatic heterocycles. The van der Waals surface area contributed by atoms with E-state index in [4.69, 9.17) is 23.2 Å². The predicted molar refractivity (Wildman–Crippen MR) is 81.1 cm³/mol. The minimum Gasteiger partial charge on any atom is -0.237 e. The first-order valence-corrected chi connectivity index (χ1v) is 6.98. The van der Waals surface area contributed by atoms with E-state index in [1.165, 1.54) is 0 Å². The Bertz CT molecular complexity index is 755. The summed E-state index contributed by atoms with van der Waals surface area (Å²) in [7, 11) is 0. The van der Waals surface area contributed by atoms with Crippen LogP contribution in [0.25, 0.3) is 16.9 Å². The molecule has 3 nitrogen and oxygen atoms in total. The zero-order valence-electron chi connectivity index (χ0n) is 9.72. The fraction of sp³-hybridized carbons (Fsp3) is 0.0769. The first-order chi connectivity index (χ1) is 9.20. The molecule has 3 aromatic rings. The smallest absolute Gasteiger partial charge is 0.159 e. The van der Waals surface area contributed by atoms with Crippen molar-refractivity contribution in [2.24, 2.45) is 0 Å². The minimum absolute atomic E-state index is 0.509. The van der Waals surface area contributed by atoms with Crippen molar-refractivity contribution in [3.05, 3.63) is 52.3 Å². The highest BCUT2D eigenvalue weighted by atomic mass is 35.5. The molecule has 0 unspecified atom stereocenters. The number of nitrogens with zero attached hydrogens (tertiary/aromatic N) is 3. The Kier molecular flexibility index (Phi) is 3.39. The zero-order chi connectivity index (χ0) is 13.4. The molecule has 0 spiro atoms. The summed E-state index contributed by atoms with van der Waals surface area (Å²) in [4.78, 5) is 4.33. The van der Waals surface area contributed by atoms with Gasteiger partial charge in [0.15, 0.2) is 5.65 Å². The van der Waals surface area contributed by atoms with Crippen molar-refractivity contribution in [3.8, 4) is 11.3 Å². The summed E-state index contributed by atoms with van der Waals surface area (Å²) in [6, 6.07) is 7.29. The van der Waals surface area contributed by atoms with E-state index in [-0.39, 0.29) is 0 Å². The fourth-order valence-corrected chi connectivity index (χ4v) is 2.54.